The van der Waals surface area contributed by atoms with E-state index in [0.29, 0.717) is 24.3 Å². The average Bonchev–Trinajstić information content (AvgIpc) is 2.88. The zero-order valence-electron chi connectivity index (χ0n) is 20.8. The largest absolute Gasteiger partial charge is 0.418 e. The summed E-state index contributed by atoms with van der Waals surface area (Å²) in [6, 6.07) is 7.91. The number of fused-ring (bicyclic) bond motifs is 1. The van der Waals surface area contributed by atoms with E-state index in [1.807, 2.05) is 6.92 Å². The average molecular weight is 555 g/mol. The molecule has 9 nitrogen and oxygen atoms in total. The number of carbonyl (C=O) groups is 2. The van der Waals surface area contributed by atoms with Crippen molar-refractivity contribution < 1.29 is 35.9 Å². The summed E-state index contributed by atoms with van der Waals surface area (Å²) in [6.07, 6.45) is -3.67. The number of nitrogens with one attached hydrogen (secondary N) is 2. The van der Waals surface area contributed by atoms with Crippen molar-refractivity contribution in [2.75, 3.05) is 48.4 Å². The quantitative estimate of drug-likeness (QED) is 0.516. The molecule has 0 radical (unpaired) electrons. The van der Waals surface area contributed by atoms with Gasteiger partial charge in [-0.15, -0.1) is 0 Å². The maximum absolute atomic E-state index is 13.3. The molecule has 2 N–H and O–H groups in total. The maximum Gasteiger partial charge on any atom is 0.418 e. The number of morpholine rings is 1. The second-order valence-electron chi connectivity index (χ2n) is 9.03. The first-order chi connectivity index (χ1) is 18.0. The van der Waals surface area contributed by atoms with Gasteiger partial charge in [-0.2, -0.15) is 17.5 Å². The van der Waals surface area contributed by atoms with Crippen molar-refractivity contribution in [3.8, 4) is 0 Å². The molecule has 0 unspecified atom stereocenters. The van der Waals surface area contributed by atoms with E-state index in [-0.39, 0.29) is 31.2 Å². The molecule has 13 heteroatoms. The van der Waals surface area contributed by atoms with Gasteiger partial charge in [0.1, 0.15) is 6.04 Å². The van der Waals surface area contributed by atoms with Crippen LogP contribution in [0.1, 0.15) is 31.7 Å². The van der Waals surface area contributed by atoms with Crippen LogP contribution in [0.4, 0.5) is 30.2 Å². The molecule has 1 fully saturated rings. The Morgan fingerprint density at radius 2 is 1.87 bits per heavy atom. The van der Waals surface area contributed by atoms with Gasteiger partial charge < -0.3 is 20.3 Å². The molecule has 2 aromatic carbocycles. The molecule has 0 aliphatic carbocycles. The van der Waals surface area contributed by atoms with E-state index in [4.69, 9.17) is 4.74 Å². The predicted octanol–water partition coefficient (Wildman–Crippen LogP) is 3.68. The van der Waals surface area contributed by atoms with Crippen LogP contribution in [-0.2, 0) is 30.5 Å². The number of unbranched alkanes of at least 4 members (excludes halogenated alkanes) is 1. The molecular formula is C25H29F3N4O5S. The fraction of sp³-hybridized carbons (Fsp3) is 0.440. The Labute approximate surface area is 219 Å². The number of halogens is 3. The Hall–Kier alpha value is -3.16. The van der Waals surface area contributed by atoms with Crippen molar-refractivity contribution >= 4 is 38.9 Å². The summed E-state index contributed by atoms with van der Waals surface area (Å²) in [5.74, 6) is -1.21. The molecular weight excluding hydrogens is 525 g/mol. The summed E-state index contributed by atoms with van der Waals surface area (Å²) in [4.78, 5) is 27.6. The zero-order chi connectivity index (χ0) is 27.5. The Balaban J connectivity index is 1.59. The first-order valence-electron chi connectivity index (χ1n) is 12.3. The van der Waals surface area contributed by atoms with Crippen LogP contribution in [0, 0.1) is 0 Å². The summed E-state index contributed by atoms with van der Waals surface area (Å²) in [6.45, 7) is 3.31. The number of anilines is 3. The highest BCUT2D eigenvalue weighted by atomic mass is 32.2. The normalized spacial score (nSPS) is 18.6. The lowest BCUT2D eigenvalue weighted by atomic mass is 10.0. The molecule has 0 saturated carbocycles. The number of rotatable bonds is 8. The van der Waals surface area contributed by atoms with Gasteiger partial charge in [0.05, 0.1) is 47.2 Å². The topological polar surface area (TPSA) is 108 Å². The van der Waals surface area contributed by atoms with Crippen molar-refractivity contribution in [2.24, 2.45) is 0 Å². The number of benzene rings is 2. The third-order valence-corrected chi connectivity index (χ3v) is 8.29. The molecule has 4 rings (SSSR count). The van der Waals surface area contributed by atoms with Gasteiger partial charge in [0.25, 0.3) is 0 Å². The standard InChI is InChI=1S/C25H29F3N4O5S/c1-2-3-10-32-22-9-8-17(38(35,36)31-11-13-37-14-12-31)15-20(22)29-21(24(32)34)16-23(33)30-19-7-5-4-6-18(19)25(26,27)28/h4-9,15,21,29H,2-3,10-14,16H2,1H3,(H,30,33)/t21-/m1/s1. The van der Waals surface area contributed by atoms with Crippen LogP contribution in [-0.4, -0.2) is 63.4 Å². The van der Waals surface area contributed by atoms with E-state index in [2.05, 4.69) is 10.6 Å². The minimum atomic E-state index is -4.67. The number of hydrogen-bond donors (Lipinski definition) is 2. The fourth-order valence-electron chi connectivity index (χ4n) is 4.43. The number of amides is 2. The fourth-order valence-corrected chi connectivity index (χ4v) is 5.86. The third-order valence-electron chi connectivity index (χ3n) is 6.39. The van der Waals surface area contributed by atoms with E-state index in [0.717, 1.165) is 18.6 Å². The van der Waals surface area contributed by atoms with Gasteiger partial charge in [-0.05, 0) is 36.8 Å². The third kappa shape index (κ3) is 5.94. The van der Waals surface area contributed by atoms with Crippen molar-refractivity contribution in [3.63, 3.8) is 0 Å². The van der Waals surface area contributed by atoms with Crippen molar-refractivity contribution in [1.82, 2.24) is 4.31 Å². The van der Waals surface area contributed by atoms with Crippen molar-refractivity contribution in [1.29, 1.82) is 0 Å². The maximum atomic E-state index is 13.3. The monoisotopic (exact) mass is 554 g/mol. The van der Waals surface area contributed by atoms with Crippen LogP contribution in [0.3, 0.4) is 0 Å². The molecule has 2 aromatic rings. The lowest BCUT2D eigenvalue weighted by molar-refractivity contribution is -0.137. The molecule has 2 aliphatic rings. The highest BCUT2D eigenvalue weighted by Crippen LogP contribution is 2.37. The van der Waals surface area contributed by atoms with Crippen molar-refractivity contribution in [2.45, 2.75) is 43.3 Å². The number of para-hydroxylation sites is 1. The smallest absolute Gasteiger partial charge is 0.379 e. The van der Waals surface area contributed by atoms with Gasteiger partial charge in [0, 0.05) is 19.6 Å². The van der Waals surface area contributed by atoms with E-state index in [1.165, 1.54) is 33.5 Å². The van der Waals surface area contributed by atoms with Gasteiger partial charge >= 0.3 is 6.18 Å². The predicted molar refractivity (Wildman–Crippen MR) is 135 cm³/mol. The van der Waals surface area contributed by atoms with Gasteiger partial charge in [-0.3, -0.25) is 9.59 Å². The number of hydrogen-bond acceptors (Lipinski definition) is 6. The Kier molecular flexibility index (Phi) is 8.28. The molecule has 38 heavy (non-hydrogen) atoms. The summed E-state index contributed by atoms with van der Waals surface area (Å²) in [5, 5.41) is 5.21. The van der Waals surface area contributed by atoms with Gasteiger partial charge in [-0.25, -0.2) is 8.42 Å². The molecule has 2 amide bonds. The molecule has 0 bridgehead atoms. The van der Waals surface area contributed by atoms with Gasteiger partial charge in [0.15, 0.2) is 0 Å². The number of carbonyl (C=O) groups excluding carboxylic acids is 2. The van der Waals surface area contributed by atoms with Crippen LogP contribution in [0.15, 0.2) is 47.4 Å². The van der Waals surface area contributed by atoms with Crippen LogP contribution >= 0.6 is 0 Å². The van der Waals surface area contributed by atoms with Gasteiger partial charge in [-0.1, -0.05) is 25.5 Å². The minimum absolute atomic E-state index is 0.0257. The molecule has 1 saturated heterocycles. The molecule has 2 heterocycles. The SMILES string of the molecule is CCCCN1C(=O)[C@@H](CC(=O)Nc2ccccc2C(F)(F)F)Nc2cc(S(=O)(=O)N3CCOCC3)ccc21. The first-order valence-corrected chi connectivity index (χ1v) is 13.7. The van der Waals surface area contributed by atoms with Crippen molar-refractivity contribution in [3.05, 3.63) is 48.0 Å². The highest BCUT2D eigenvalue weighted by molar-refractivity contribution is 7.89. The van der Waals surface area contributed by atoms with E-state index in [1.54, 1.807) is 6.07 Å². The number of nitrogens with zero attached hydrogens (tertiary/aromatic N) is 2. The highest BCUT2D eigenvalue weighted by Gasteiger charge is 2.37. The van der Waals surface area contributed by atoms with Crippen LogP contribution in [0.5, 0.6) is 0 Å². The zero-order valence-corrected chi connectivity index (χ0v) is 21.6. The molecule has 2 aliphatic heterocycles. The van der Waals surface area contributed by atoms with Crippen LogP contribution < -0.4 is 15.5 Å². The molecule has 1 atom stereocenters. The Morgan fingerprint density at radius 3 is 2.55 bits per heavy atom. The lowest BCUT2D eigenvalue weighted by Gasteiger charge is -2.36. The Morgan fingerprint density at radius 1 is 1.16 bits per heavy atom. The second-order valence-corrected chi connectivity index (χ2v) is 11.0. The molecule has 206 valence electrons. The second kappa shape index (κ2) is 11.3. The van der Waals surface area contributed by atoms with Crippen LogP contribution in [0.25, 0.3) is 0 Å². The minimum Gasteiger partial charge on any atom is -0.379 e. The summed E-state index contributed by atoms with van der Waals surface area (Å²) >= 11 is 0. The molecule has 0 spiro atoms. The number of alkyl halides is 3. The van der Waals surface area contributed by atoms with E-state index < -0.39 is 51.7 Å². The summed E-state index contributed by atoms with van der Waals surface area (Å²) in [7, 11) is -3.82. The first kappa shape index (κ1) is 27.9. The molecule has 0 aromatic heterocycles. The number of sulfonamides is 1. The summed E-state index contributed by atoms with van der Waals surface area (Å²) < 4.78 is 72.9. The van der Waals surface area contributed by atoms with Gasteiger partial charge in [0.2, 0.25) is 21.8 Å². The number of ether oxygens (including phenoxy) is 1. The van der Waals surface area contributed by atoms with E-state index >= 15 is 0 Å². The van der Waals surface area contributed by atoms with Crippen LogP contribution in [0.2, 0.25) is 0 Å². The summed E-state index contributed by atoms with van der Waals surface area (Å²) in [5.41, 5.74) is -0.577. The Bertz CT molecular complexity index is 1300. The lowest BCUT2D eigenvalue weighted by Crippen LogP contribution is -2.49. The van der Waals surface area contributed by atoms with E-state index in [9.17, 15) is 31.2 Å².